The normalized spacial score (nSPS) is 30.9. The highest BCUT2D eigenvalue weighted by molar-refractivity contribution is 5.82. The smallest absolute Gasteiger partial charge is 0.137 e. The van der Waals surface area contributed by atoms with Gasteiger partial charge in [-0.2, -0.15) is 0 Å². The van der Waals surface area contributed by atoms with Crippen LogP contribution in [-0.4, -0.2) is 30.3 Å². The molecule has 2 heterocycles. The summed E-state index contributed by atoms with van der Waals surface area (Å²) in [6, 6.07) is 9.22. The lowest BCUT2D eigenvalue weighted by molar-refractivity contribution is -0.125. The van der Waals surface area contributed by atoms with E-state index in [0.29, 0.717) is 24.2 Å². The maximum absolute atomic E-state index is 12.8. The Morgan fingerprint density at radius 1 is 1.26 bits per heavy atom. The summed E-state index contributed by atoms with van der Waals surface area (Å²) in [5.41, 5.74) is 3.63. The van der Waals surface area contributed by atoms with Gasteiger partial charge in [0.2, 0.25) is 0 Å². The van der Waals surface area contributed by atoms with Gasteiger partial charge in [0.1, 0.15) is 5.78 Å². The molecule has 124 valence electrons. The molecule has 2 heteroatoms. The molecule has 0 aromatic heterocycles. The Kier molecular flexibility index (Phi) is 4.72. The van der Waals surface area contributed by atoms with Gasteiger partial charge in [0.05, 0.1) is 0 Å². The molecule has 23 heavy (non-hydrogen) atoms. The number of hydrogen-bond donors (Lipinski definition) is 0. The molecule has 1 aromatic carbocycles. The SMILES string of the molecule is C=C(C)c1ccc([C@H]2CC3CCC([C@H]2C(=O)CC)N(C)C3)cc1. The molecule has 2 aliphatic heterocycles. The first-order valence-corrected chi connectivity index (χ1v) is 9.00. The van der Waals surface area contributed by atoms with E-state index < -0.39 is 0 Å². The summed E-state index contributed by atoms with van der Waals surface area (Å²) >= 11 is 0. The van der Waals surface area contributed by atoms with Crippen LogP contribution < -0.4 is 0 Å². The molecule has 2 nitrogen and oxygen atoms in total. The summed E-state index contributed by atoms with van der Waals surface area (Å²) < 4.78 is 0. The number of Topliss-reactive ketones (excluding diaryl/α,β-unsaturated/α-hetero) is 1. The first-order chi connectivity index (χ1) is 11.0. The molecule has 4 rings (SSSR count). The summed E-state index contributed by atoms with van der Waals surface area (Å²) in [4.78, 5) is 15.2. The maximum atomic E-state index is 12.8. The van der Waals surface area contributed by atoms with E-state index in [9.17, 15) is 4.79 Å². The fourth-order valence-corrected chi connectivity index (χ4v) is 4.71. The average Bonchev–Trinajstić information content (AvgIpc) is 2.81. The van der Waals surface area contributed by atoms with Gasteiger partial charge in [-0.05, 0) is 56.2 Å². The van der Waals surface area contributed by atoms with Crippen LogP contribution in [0.5, 0.6) is 0 Å². The Morgan fingerprint density at radius 2 is 1.96 bits per heavy atom. The van der Waals surface area contributed by atoms with Crippen LogP contribution in [0.25, 0.3) is 5.57 Å². The van der Waals surface area contributed by atoms with Gasteiger partial charge in [0.15, 0.2) is 0 Å². The van der Waals surface area contributed by atoms with Crippen molar-refractivity contribution in [3.63, 3.8) is 0 Å². The van der Waals surface area contributed by atoms with Crippen molar-refractivity contribution < 1.29 is 4.79 Å². The summed E-state index contributed by atoms with van der Waals surface area (Å²) in [6.45, 7) is 9.23. The van der Waals surface area contributed by atoms with Crippen LogP contribution in [0.4, 0.5) is 0 Å². The molecule has 1 aromatic rings. The van der Waals surface area contributed by atoms with Crippen molar-refractivity contribution in [2.75, 3.05) is 13.6 Å². The predicted octanol–water partition coefficient (Wildman–Crippen LogP) is 4.51. The Hall–Kier alpha value is -1.41. The number of carbonyl (C=O) groups excluding carboxylic acids is 1. The van der Waals surface area contributed by atoms with E-state index in [1.165, 1.54) is 24.0 Å². The first kappa shape index (κ1) is 16.4. The average molecular weight is 311 g/mol. The fraction of sp³-hybridized carbons (Fsp3) is 0.571. The minimum Gasteiger partial charge on any atom is -0.302 e. The Labute approximate surface area is 140 Å². The number of carbonyl (C=O) groups is 1. The number of hydrogen-bond acceptors (Lipinski definition) is 2. The lowest BCUT2D eigenvalue weighted by Crippen LogP contribution is -2.45. The zero-order chi connectivity index (χ0) is 16.6. The monoisotopic (exact) mass is 311 g/mol. The third-order valence-electron chi connectivity index (χ3n) is 5.97. The zero-order valence-corrected chi connectivity index (χ0v) is 14.7. The molecule has 2 unspecified atom stereocenters. The van der Waals surface area contributed by atoms with Crippen molar-refractivity contribution in [1.82, 2.24) is 4.90 Å². The van der Waals surface area contributed by atoms with E-state index >= 15 is 0 Å². The van der Waals surface area contributed by atoms with Crippen molar-refractivity contribution in [3.8, 4) is 0 Å². The minimum absolute atomic E-state index is 0.160. The Morgan fingerprint density at radius 3 is 2.52 bits per heavy atom. The standard InChI is InChI=1S/C21H29NO/c1-5-20(23)21-18(12-15-6-11-19(21)22(4)13-15)17-9-7-16(8-10-17)14(2)3/h7-10,15,18-19,21H,2,5-6,11-13H2,1,3-4H3/t15?,18-,19?,21+/m1/s1. The quantitative estimate of drug-likeness (QED) is 0.815. The van der Waals surface area contributed by atoms with Crippen molar-refractivity contribution in [3.05, 3.63) is 42.0 Å². The summed E-state index contributed by atoms with van der Waals surface area (Å²) in [6.07, 6.45) is 4.27. The summed E-state index contributed by atoms with van der Waals surface area (Å²) in [7, 11) is 2.21. The molecule has 2 bridgehead atoms. The molecular formula is C21H29NO. The highest BCUT2D eigenvalue weighted by atomic mass is 16.1. The van der Waals surface area contributed by atoms with Crippen LogP contribution in [0.1, 0.15) is 56.6 Å². The second-order valence-electron chi connectivity index (χ2n) is 7.54. The molecule has 0 radical (unpaired) electrons. The van der Waals surface area contributed by atoms with Gasteiger partial charge in [0.25, 0.3) is 0 Å². The van der Waals surface area contributed by atoms with E-state index in [2.05, 4.69) is 42.8 Å². The van der Waals surface area contributed by atoms with Crippen LogP contribution in [0.2, 0.25) is 0 Å². The predicted molar refractivity (Wildman–Crippen MR) is 96.4 cm³/mol. The maximum Gasteiger partial charge on any atom is 0.137 e. The number of allylic oxidation sites excluding steroid dienone is 1. The Bertz CT molecular complexity index is 588. The molecule has 3 aliphatic rings. The second kappa shape index (κ2) is 6.60. The van der Waals surface area contributed by atoms with Crippen LogP contribution in [0.15, 0.2) is 30.8 Å². The van der Waals surface area contributed by atoms with E-state index in [-0.39, 0.29) is 5.92 Å². The largest absolute Gasteiger partial charge is 0.302 e. The van der Waals surface area contributed by atoms with Gasteiger partial charge in [-0.25, -0.2) is 0 Å². The molecule has 0 N–H and O–H groups in total. The van der Waals surface area contributed by atoms with E-state index in [4.69, 9.17) is 0 Å². The van der Waals surface area contributed by atoms with Gasteiger partial charge >= 0.3 is 0 Å². The van der Waals surface area contributed by atoms with Crippen molar-refractivity contribution in [2.24, 2.45) is 11.8 Å². The molecule has 1 aliphatic carbocycles. The number of nitrogens with zero attached hydrogens (tertiary/aromatic N) is 1. The fourth-order valence-electron chi connectivity index (χ4n) is 4.71. The van der Waals surface area contributed by atoms with E-state index in [1.807, 2.05) is 13.8 Å². The molecule has 0 amide bonds. The number of rotatable bonds is 4. The van der Waals surface area contributed by atoms with Crippen LogP contribution in [0, 0.1) is 11.8 Å². The third kappa shape index (κ3) is 3.14. The topological polar surface area (TPSA) is 20.3 Å². The van der Waals surface area contributed by atoms with Crippen LogP contribution in [0.3, 0.4) is 0 Å². The summed E-state index contributed by atoms with van der Waals surface area (Å²) in [5.74, 6) is 1.72. The number of fused-ring (bicyclic) bond motifs is 4. The lowest BCUT2D eigenvalue weighted by atomic mass is 9.76. The van der Waals surface area contributed by atoms with Crippen molar-refractivity contribution in [1.29, 1.82) is 0 Å². The highest BCUT2D eigenvalue weighted by Gasteiger charge is 2.44. The van der Waals surface area contributed by atoms with Gasteiger partial charge in [0, 0.05) is 24.9 Å². The summed E-state index contributed by atoms with van der Waals surface area (Å²) in [5, 5.41) is 0. The van der Waals surface area contributed by atoms with Gasteiger partial charge in [-0.15, -0.1) is 0 Å². The van der Waals surface area contributed by atoms with Crippen LogP contribution >= 0.6 is 0 Å². The first-order valence-electron chi connectivity index (χ1n) is 9.00. The van der Waals surface area contributed by atoms with Crippen molar-refractivity contribution >= 4 is 11.4 Å². The molecule has 2 saturated heterocycles. The molecule has 0 spiro atoms. The van der Waals surface area contributed by atoms with E-state index in [1.54, 1.807) is 0 Å². The van der Waals surface area contributed by atoms with Gasteiger partial charge < -0.3 is 4.90 Å². The number of piperidine rings is 1. The molecular weight excluding hydrogens is 282 g/mol. The van der Waals surface area contributed by atoms with Gasteiger partial charge in [-0.1, -0.05) is 43.3 Å². The van der Waals surface area contributed by atoms with Crippen LogP contribution in [-0.2, 0) is 4.79 Å². The molecule has 3 fully saturated rings. The molecule has 4 atom stereocenters. The second-order valence-corrected chi connectivity index (χ2v) is 7.54. The highest BCUT2D eigenvalue weighted by Crippen LogP contribution is 2.45. The Balaban J connectivity index is 1.97. The zero-order valence-electron chi connectivity index (χ0n) is 14.7. The van der Waals surface area contributed by atoms with Crippen molar-refractivity contribution in [2.45, 2.75) is 51.5 Å². The molecule has 1 saturated carbocycles. The number of benzene rings is 1. The van der Waals surface area contributed by atoms with Gasteiger partial charge in [-0.3, -0.25) is 4.79 Å². The number of ketones is 1. The van der Waals surface area contributed by atoms with E-state index in [0.717, 1.165) is 24.5 Å². The third-order valence-corrected chi connectivity index (χ3v) is 5.97. The minimum atomic E-state index is 0.160. The lowest BCUT2D eigenvalue weighted by Gasteiger charge is -2.37.